The highest BCUT2D eigenvalue weighted by atomic mass is 32.6. The molecule has 0 N–H and O–H groups in total. The molecule has 1 saturated heterocycles. The van der Waals surface area contributed by atoms with E-state index in [2.05, 4.69) is 52.8 Å². The second-order valence-corrected chi connectivity index (χ2v) is 10.5. The first-order valence-electron chi connectivity index (χ1n) is 4.72. The summed E-state index contributed by atoms with van der Waals surface area (Å²) < 4.78 is 5.43. The lowest BCUT2D eigenvalue weighted by atomic mass is 10.4. The van der Waals surface area contributed by atoms with Gasteiger partial charge in [0, 0.05) is 11.5 Å². The van der Waals surface area contributed by atoms with Crippen molar-refractivity contribution in [2.24, 2.45) is 0 Å². The first kappa shape index (κ1) is 10.6. The molecule has 1 nitrogen and oxygen atoms in total. The van der Waals surface area contributed by atoms with Crippen LogP contribution in [0.2, 0.25) is 0 Å². The minimum Gasteiger partial charge on any atom is -0.380 e. The molecule has 0 amide bonds. The largest absolute Gasteiger partial charge is 0.380 e. The minimum absolute atomic E-state index is 0.431. The summed E-state index contributed by atoms with van der Waals surface area (Å²) in [5.41, 5.74) is 0. The zero-order valence-corrected chi connectivity index (χ0v) is 10.6. The van der Waals surface area contributed by atoms with Crippen LogP contribution in [0.4, 0.5) is 0 Å². The third-order valence-corrected chi connectivity index (χ3v) is 10.3. The number of hydrogen-bond acceptors (Lipinski definition) is 3. The highest BCUT2D eigenvalue weighted by Crippen LogP contribution is 2.21. The number of ether oxygens (including phenoxy) is 1. The quantitative estimate of drug-likeness (QED) is 0.695. The Morgan fingerprint density at radius 3 is 2.29 bits per heavy atom. The van der Waals surface area contributed by atoms with E-state index in [1.54, 1.807) is 0 Å². The van der Waals surface area contributed by atoms with E-state index in [0.29, 0.717) is 0 Å². The van der Waals surface area contributed by atoms with E-state index in [9.17, 15) is 0 Å². The lowest BCUT2D eigenvalue weighted by Gasteiger charge is -2.17. The number of rotatable bonds is 1. The molecule has 0 saturated carbocycles. The molecular formula is C10H13OS2Si. The Morgan fingerprint density at radius 1 is 1.00 bits per heavy atom. The molecule has 75 valence electrons. The smallest absolute Gasteiger partial charge is 0.225 e. The minimum atomic E-state index is -0.431. The van der Waals surface area contributed by atoms with Crippen LogP contribution in [0, 0.1) is 0 Å². The van der Waals surface area contributed by atoms with Gasteiger partial charge in [-0.1, -0.05) is 30.3 Å². The van der Waals surface area contributed by atoms with Gasteiger partial charge in [-0.2, -0.15) is 22.4 Å². The van der Waals surface area contributed by atoms with Crippen LogP contribution in [0.5, 0.6) is 0 Å². The molecule has 0 bridgehead atoms. The summed E-state index contributed by atoms with van der Waals surface area (Å²) >= 11 is 4.18. The molecule has 0 spiro atoms. The first-order chi connectivity index (χ1) is 6.97. The first-order valence-corrected chi connectivity index (χ1v) is 9.64. The lowest BCUT2D eigenvalue weighted by molar-refractivity contribution is 0.167. The molecule has 0 atom stereocenters. The molecule has 1 aliphatic rings. The topological polar surface area (TPSA) is 9.23 Å². The molecule has 1 aromatic rings. The average molecular weight is 241 g/mol. The molecular weight excluding hydrogens is 228 g/mol. The van der Waals surface area contributed by atoms with E-state index in [1.807, 2.05) is 0 Å². The summed E-state index contributed by atoms with van der Waals surface area (Å²) in [6.07, 6.45) is 0. The molecule has 1 fully saturated rings. The Morgan fingerprint density at radius 2 is 1.64 bits per heavy atom. The summed E-state index contributed by atoms with van der Waals surface area (Å²) in [4.78, 5) is 0. The fourth-order valence-corrected chi connectivity index (χ4v) is 8.85. The Bertz CT molecular complexity index is 260. The SMILES string of the molecule is c1ccc([Si]2SCCOCCS2)cc1. The van der Waals surface area contributed by atoms with Crippen molar-refractivity contribution in [1.82, 2.24) is 0 Å². The predicted octanol–water partition coefficient (Wildman–Crippen LogP) is 1.88. The summed E-state index contributed by atoms with van der Waals surface area (Å²) in [5, 5.41) is 1.54. The zero-order valence-electron chi connectivity index (χ0n) is 7.94. The van der Waals surface area contributed by atoms with E-state index in [1.165, 1.54) is 5.19 Å². The van der Waals surface area contributed by atoms with Crippen LogP contribution >= 0.6 is 22.4 Å². The van der Waals surface area contributed by atoms with Gasteiger partial charge in [0.25, 0.3) is 0 Å². The van der Waals surface area contributed by atoms with Crippen molar-refractivity contribution < 1.29 is 4.74 Å². The molecule has 1 aromatic carbocycles. The van der Waals surface area contributed by atoms with Gasteiger partial charge < -0.3 is 4.74 Å². The van der Waals surface area contributed by atoms with Crippen LogP contribution in [-0.2, 0) is 4.74 Å². The van der Waals surface area contributed by atoms with Gasteiger partial charge in [0.1, 0.15) is 0 Å². The maximum Gasteiger partial charge on any atom is 0.225 e. The molecule has 2 rings (SSSR count). The predicted molar refractivity (Wildman–Crippen MR) is 67.6 cm³/mol. The number of benzene rings is 1. The molecule has 0 unspecified atom stereocenters. The lowest BCUT2D eigenvalue weighted by Crippen LogP contribution is -2.27. The maximum atomic E-state index is 5.43. The Kier molecular flexibility index (Phi) is 4.43. The summed E-state index contributed by atoms with van der Waals surface area (Å²) in [6, 6.07) is 10.9. The zero-order chi connectivity index (χ0) is 9.64. The third-order valence-electron chi connectivity index (χ3n) is 1.93. The summed E-state index contributed by atoms with van der Waals surface area (Å²) in [6.45, 7) is 1.85. The van der Waals surface area contributed by atoms with Crippen molar-refractivity contribution in [3.63, 3.8) is 0 Å². The van der Waals surface area contributed by atoms with Crippen molar-refractivity contribution in [1.29, 1.82) is 0 Å². The van der Waals surface area contributed by atoms with Crippen LogP contribution < -0.4 is 5.19 Å². The van der Waals surface area contributed by atoms with Crippen molar-refractivity contribution >= 4 is 34.7 Å². The monoisotopic (exact) mass is 241 g/mol. The standard InChI is InChI=1S/C10H13OS2Si/c1-2-4-10(5-3-1)14-12-8-6-11-7-9-13-14/h1-5H,6-9H2. The van der Waals surface area contributed by atoms with Crippen molar-refractivity contribution in [2.75, 3.05) is 24.7 Å². The Hall–Kier alpha value is 0.0969. The molecule has 14 heavy (non-hydrogen) atoms. The fraction of sp³-hybridized carbons (Fsp3) is 0.400. The van der Waals surface area contributed by atoms with Crippen molar-refractivity contribution in [3.8, 4) is 0 Å². The van der Waals surface area contributed by atoms with Crippen LogP contribution in [0.3, 0.4) is 0 Å². The summed E-state index contributed by atoms with van der Waals surface area (Å²) in [5.74, 6) is 2.30. The van der Waals surface area contributed by atoms with E-state index >= 15 is 0 Å². The second-order valence-electron chi connectivity index (χ2n) is 2.96. The van der Waals surface area contributed by atoms with Crippen molar-refractivity contribution in [3.05, 3.63) is 30.3 Å². The van der Waals surface area contributed by atoms with Gasteiger partial charge in [-0.05, 0) is 5.19 Å². The van der Waals surface area contributed by atoms with Crippen LogP contribution in [0.15, 0.2) is 30.3 Å². The summed E-state index contributed by atoms with van der Waals surface area (Å²) in [7, 11) is -0.431. The van der Waals surface area contributed by atoms with Crippen LogP contribution in [0.25, 0.3) is 0 Å². The van der Waals surface area contributed by atoms with Gasteiger partial charge in [0.2, 0.25) is 7.10 Å². The normalized spacial score (nSPS) is 20.0. The van der Waals surface area contributed by atoms with Crippen molar-refractivity contribution in [2.45, 2.75) is 0 Å². The third kappa shape index (κ3) is 3.05. The van der Waals surface area contributed by atoms with Gasteiger partial charge in [-0.3, -0.25) is 0 Å². The molecule has 1 radical (unpaired) electrons. The second kappa shape index (κ2) is 5.85. The van der Waals surface area contributed by atoms with Gasteiger partial charge in [0.05, 0.1) is 13.2 Å². The molecule has 1 aliphatic heterocycles. The Labute approximate surface area is 94.5 Å². The highest BCUT2D eigenvalue weighted by molar-refractivity contribution is 8.55. The van der Waals surface area contributed by atoms with E-state index in [0.717, 1.165) is 24.7 Å². The van der Waals surface area contributed by atoms with Gasteiger partial charge in [-0.15, -0.1) is 0 Å². The van der Waals surface area contributed by atoms with Crippen LogP contribution in [0.1, 0.15) is 0 Å². The van der Waals surface area contributed by atoms with E-state index in [-0.39, 0.29) is 0 Å². The number of hydrogen-bond donors (Lipinski definition) is 0. The highest BCUT2D eigenvalue weighted by Gasteiger charge is 2.17. The van der Waals surface area contributed by atoms with E-state index in [4.69, 9.17) is 4.74 Å². The maximum absolute atomic E-state index is 5.43. The van der Waals surface area contributed by atoms with Gasteiger partial charge in [0.15, 0.2) is 0 Å². The molecule has 0 aromatic heterocycles. The van der Waals surface area contributed by atoms with E-state index < -0.39 is 7.10 Å². The average Bonchev–Trinajstić information content (AvgIpc) is 2.18. The molecule has 1 heterocycles. The van der Waals surface area contributed by atoms with Gasteiger partial charge >= 0.3 is 0 Å². The van der Waals surface area contributed by atoms with Gasteiger partial charge in [-0.25, -0.2) is 0 Å². The Balaban J connectivity index is 2.01. The fourth-order valence-electron chi connectivity index (χ4n) is 1.27. The molecule has 4 heteroatoms. The van der Waals surface area contributed by atoms with Crippen LogP contribution in [-0.4, -0.2) is 31.8 Å². The molecule has 0 aliphatic carbocycles.